The molecule has 0 radical (unpaired) electrons. The van der Waals surface area contributed by atoms with Crippen LogP contribution in [0.4, 0.5) is 8.78 Å². The molecule has 124 valence electrons. The minimum atomic E-state index is -2.26. The second kappa shape index (κ2) is 7.08. The smallest absolute Gasteiger partial charge is 0.251 e. The van der Waals surface area contributed by atoms with Crippen molar-refractivity contribution in [2.45, 2.75) is 32.6 Å². The van der Waals surface area contributed by atoms with E-state index in [-0.39, 0.29) is 6.54 Å². The van der Waals surface area contributed by atoms with Crippen LogP contribution in [0.5, 0.6) is 0 Å². The van der Waals surface area contributed by atoms with Crippen molar-refractivity contribution in [1.29, 1.82) is 0 Å². The van der Waals surface area contributed by atoms with E-state index < -0.39 is 6.43 Å². The molecule has 8 heteroatoms. The molecule has 3 rings (SSSR count). The van der Waals surface area contributed by atoms with Gasteiger partial charge in [0.2, 0.25) is 11.7 Å². The van der Waals surface area contributed by atoms with Gasteiger partial charge >= 0.3 is 0 Å². The summed E-state index contributed by atoms with van der Waals surface area (Å²) in [7, 11) is 0. The van der Waals surface area contributed by atoms with Gasteiger partial charge < -0.3 is 4.52 Å². The Balaban J connectivity index is 1.57. The molecule has 6 nitrogen and oxygen atoms in total. The van der Waals surface area contributed by atoms with Gasteiger partial charge in [-0.3, -0.25) is 4.90 Å². The molecular weight excluding hydrogens is 304 g/mol. The van der Waals surface area contributed by atoms with Crippen molar-refractivity contribution in [2.24, 2.45) is 5.92 Å². The summed E-state index contributed by atoms with van der Waals surface area (Å²) in [6.07, 6.45) is 3.32. The van der Waals surface area contributed by atoms with E-state index in [1.807, 2.05) is 11.8 Å². The molecule has 23 heavy (non-hydrogen) atoms. The van der Waals surface area contributed by atoms with E-state index in [0.29, 0.717) is 42.8 Å². The maximum absolute atomic E-state index is 12.4. The Morgan fingerprint density at radius 3 is 2.83 bits per heavy atom. The molecule has 2 aromatic heterocycles. The Morgan fingerprint density at radius 1 is 1.35 bits per heavy atom. The van der Waals surface area contributed by atoms with Crippen LogP contribution in [0.2, 0.25) is 0 Å². The fourth-order valence-corrected chi connectivity index (χ4v) is 2.88. The quantitative estimate of drug-likeness (QED) is 0.841. The number of alkyl halides is 2. The molecule has 0 N–H and O–H groups in total. The number of hydrogen-bond donors (Lipinski definition) is 0. The number of halogens is 2. The molecule has 1 aliphatic rings. The van der Waals surface area contributed by atoms with E-state index in [1.54, 1.807) is 6.20 Å². The van der Waals surface area contributed by atoms with Gasteiger partial charge in [-0.05, 0) is 44.3 Å². The highest BCUT2D eigenvalue weighted by Crippen LogP contribution is 2.23. The van der Waals surface area contributed by atoms with Crippen molar-refractivity contribution in [3.05, 3.63) is 24.0 Å². The highest BCUT2D eigenvalue weighted by Gasteiger charge is 2.23. The van der Waals surface area contributed by atoms with Crippen LogP contribution in [0.3, 0.4) is 0 Å². The number of rotatable bonds is 5. The SMILES string of the molecule is Cc1cncnc1-c1noc(CC2CCN(CC(F)F)CC2)n1. The molecule has 1 saturated heterocycles. The molecular formula is C15H19F2N5O. The largest absolute Gasteiger partial charge is 0.339 e. The summed E-state index contributed by atoms with van der Waals surface area (Å²) < 4.78 is 30.1. The molecule has 1 fully saturated rings. The maximum Gasteiger partial charge on any atom is 0.251 e. The Bertz CT molecular complexity index is 640. The Morgan fingerprint density at radius 2 is 2.13 bits per heavy atom. The van der Waals surface area contributed by atoms with Crippen LogP contribution in [-0.2, 0) is 6.42 Å². The molecule has 0 bridgehead atoms. The van der Waals surface area contributed by atoms with Crippen LogP contribution in [0, 0.1) is 12.8 Å². The third-order valence-corrected chi connectivity index (χ3v) is 4.14. The summed E-state index contributed by atoms with van der Waals surface area (Å²) in [6.45, 7) is 3.15. The van der Waals surface area contributed by atoms with Gasteiger partial charge in [0.25, 0.3) is 6.43 Å². The lowest BCUT2D eigenvalue weighted by molar-refractivity contribution is 0.0681. The van der Waals surface area contributed by atoms with Crippen LogP contribution in [-0.4, -0.2) is 51.1 Å². The third-order valence-electron chi connectivity index (χ3n) is 4.14. The molecule has 0 atom stereocenters. The first-order valence-electron chi connectivity index (χ1n) is 7.72. The van der Waals surface area contributed by atoms with Crippen LogP contribution >= 0.6 is 0 Å². The summed E-state index contributed by atoms with van der Waals surface area (Å²) >= 11 is 0. The predicted molar refractivity (Wildman–Crippen MR) is 78.9 cm³/mol. The topological polar surface area (TPSA) is 67.9 Å². The molecule has 3 heterocycles. The molecule has 0 saturated carbocycles. The summed E-state index contributed by atoms with van der Waals surface area (Å²) in [5.74, 6) is 1.43. The average Bonchev–Trinajstić information content (AvgIpc) is 2.97. The third kappa shape index (κ3) is 4.07. The number of aromatic nitrogens is 4. The zero-order valence-corrected chi connectivity index (χ0v) is 13.0. The van der Waals surface area contributed by atoms with Crippen molar-refractivity contribution in [1.82, 2.24) is 25.0 Å². The summed E-state index contributed by atoms with van der Waals surface area (Å²) in [6, 6.07) is 0. The average molecular weight is 323 g/mol. The minimum absolute atomic E-state index is 0.135. The highest BCUT2D eigenvalue weighted by molar-refractivity contribution is 5.52. The predicted octanol–water partition coefficient (Wildman–Crippen LogP) is 2.35. The summed E-state index contributed by atoms with van der Waals surface area (Å²) in [5.41, 5.74) is 1.56. The van der Waals surface area contributed by atoms with Gasteiger partial charge in [-0.2, -0.15) is 4.98 Å². The van der Waals surface area contributed by atoms with E-state index in [2.05, 4.69) is 20.1 Å². The van der Waals surface area contributed by atoms with Gasteiger partial charge in [0.05, 0.1) is 6.54 Å². The normalized spacial score (nSPS) is 17.0. The molecule has 1 aliphatic heterocycles. The van der Waals surface area contributed by atoms with Crippen molar-refractivity contribution in [3.8, 4) is 11.5 Å². The maximum atomic E-state index is 12.4. The van der Waals surface area contributed by atoms with Gasteiger partial charge in [0.1, 0.15) is 12.0 Å². The van der Waals surface area contributed by atoms with Crippen molar-refractivity contribution >= 4 is 0 Å². The van der Waals surface area contributed by atoms with Gasteiger partial charge in [0.15, 0.2) is 0 Å². The minimum Gasteiger partial charge on any atom is -0.339 e. The van der Waals surface area contributed by atoms with Crippen LogP contribution in [0.15, 0.2) is 17.0 Å². The van der Waals surface area contributed by atoms with E-state index in [1.165, 1.54) is 6.33 Å². The molecule has 2 aromatic rings. The van der Waals surface area contributed by atoms with Crippen LogP contribution < -0.4 is 0 Å². The van der Waals surface area contributed by atoms with Gasteiger partial charge in [0, 0.05) is 12.6 Å². The van der Waals surface area contributed by atoms with E-state index >= 15 is 0 Å². The number of nitrogens with zero attached hydrogens (tertiary/aromatic N) is 5. The van der Waals surface area contributed by atoms with E-state index in [0.717, 1.165) is 18.4 Å². The van der Waals surface area contributed by atoms with E-state index in [9.17, 15) is 8.78 Å². The Labute approximate surface area is 132 Å². The van der Waals surface area contributed by atoms with Gasteiger partial charge in [-0.15, -0.1) is 0 Å². The molecule has 0 spiro atoms. The molecule has 0 unspecified atom stereocenters. The van der Waals surface area contributed by atoms with Crippen molar-refractivity contribution < 1.29 is 13.3 Å². The first-order chi connectivity index (χ1) is 11.1. The second-order valence-corrected chi connectivity index (χ2v) is 5.91. The number of hydrogen-bond acceptors (Lipinski definition) is 6. The highest BCUT2D eigenvalue weighted by atomic mass is 19.3. The van der Waals surface area contributed by atoms with Crippen molar-refractivity contribution in [2.75, 3.05) is 19.6 Å². The lowest BCUT2D eigenvalue weighted by Gasteiger charge is -2.30. The van der Waals surface area contributed by atoms with Gasteiger partial charge in [-0.1, -0.05) is 5.16 Å². The fourth-order valence-electron chi connectivity index (χ4n) is 2.88. The zero-order valence-electron chi connectivity index (χ0n) is 13.0. The fraction of sp³-hybridized carbons (Fsp3) is 0.600. The number of piperidine rings is 1. The number of likely N-dealkylation sites (tertiary alicyclic amines) is 1. The lowest BCUT2D eigenvalue weighted by atomic mass is 9.93. The first-order valence-corrected chi connectivity index (χ1v) is 7.72. The molecule has 0 amide bonds. The Hall–Kier alpha value is -1.96. The monoisotopic (exact) mass is 323 g/mol. The van der Waals surface area contributed by atoms with Gasteiger partial charge in [-0.25, -0.2) is 18.7 Å². The second-order valence-electron chi connectivity index (χ2n) is 5.91. The van der Waals surface area contributed by atoms with Crippen LogP contribution in [0.1, 0.15) is 24.3 Å². The zero-order chi connectivity index (χ0) is 16.2. The molecule has 0 aromatic carbocycles. The summed E-state index contributed by atoms with van der Waals surface area (Å²) in [5, 5.41) is 3.98. The first kappa shape index (κ1) is 15.9. The lowest BCUT2D eigenvalue weighted by Crippen LogP contribution is -2.37. The molecule has 0 aliphatic carbocycles. The Kier molecular flexibility index (Phi) is 4.90. The standard InChI is InChI=1S/C15H19F2N5O/c1-10-7-18-9-19-14(10)15-20-13(23-21-15)6-11-2-4-22(5-3-11)8-12(16)17/h7,9,11-12H,2-6,8H2,1H3. The van der Waals surface area contributed by atoms with Crippen LogP contribution in [0.25, 0.3) is 11.5 Å². The van der Waals surface area contributed by atoms with Crippen molar-refractivity contribution in [3.63, 3.8) is 0 Å². The number of aryl methyl sites for hydroxylation is 1. The summed E-state index contributed by atoms with van der Waals surface area (Å²) in [4.78, 5) is 14.3. The van der Waals surface area contributed by atoms with E-state index in [4.69, 9.17) is 4.52 Å².